The third kappa shape index (κ3) is 1.90. The molecule has 0 aliphatic carbocycles. The summed E-state index contributed by atoms with van der Waals surface area (Å²) in [7, 11) is 0. The third-order valence-corrected chi connectivity index (χ3v) is 3.04. The highest BCUT2D eigenvalue weighted by Gasteiger charge is 2.10. The van der Waals surface area contributed by atoms with Crippen LogP contribution in [0.15, 0.2) is 47.0 Å². The van der Waals surface area contributed by atoms with Crippen LogP contribution in [-0.4, -0.2) is 5.16 Å². The van der Waals surface area contributed by atoms with Crippen LogP contribution in [0.2, 0.25) is 10.0 Å². The Balaban J connectivity index is 2.23. The quantitative estimate of drug-likeness (QED) is 0.630. The van der Waals surface area contributed by atoms with Gasteiger partial charge in [0, 0.05) is 15.6 Å². The predicted octanol–water partition coefficient (Wildman–Crippen LogP) is 4.80. The molecule has 0 saturated carbocycles. The molecule has 2 nitrogen and oxygen atoms in total. The molecule has 0 saturated heterocycles. The molecule has 1 heterocycles. The van der Waals surface area contributed by atoms with E-state index in [1.54, 1.807) is 6.07 Å². The highest BCUT2D eigenvalue weighted by molar-refractivity contribution is 6.31. The van der Waals surface area contributed by atoms with Crippen molar-refractivity contribution in [3.8, 4) is 11.3 Å². The lowest BCUT2D eigenvalue weighted by molar-refractivity contribution is 0.459. The number of fused-ring (bicyclic) bond motifs is 1. The summed E-state index contributed by atoms with van der Waals surface area (Å²) in [5.41, 5.74) is 2.45. The van der Waals surface area contributed by atoms with Crippen LogP contribution < -0.4 is 0 Å². The second-order valence-electron chi connectivity index (χ2n) is 3.68. The fourth-order valence-electron chi connectivity index (χ4n) is 1.73. The number of hydrogen-bond acceptors (Lipinski definition) is 2. The Morgan fingerprint density at radius 3 is 2.35 bits per heavy atom. The van der Waals surface area contributed by atoms with Crippen molar-refractivity contribution < 1.29 is 4.52 Å². The normalized spacial score (nSPS) is 10.9. The van der Waals surface area contributed by atoms with E-state index >= 15 is 0 Å². The lowest BCUT2D eigenvalue weighted by Gasteiger charge is -1.97. The summed E-state index contributed by atoms with van der Waals surface area (Å²) >= 11 is 11.8. The minimum atomic E-state index is 0.663. The van der Waals surface area contributed by atoms with E-state index in [0.29, 0.717) is 10.0 Å². The Morgan fingerprint density at radius 1 is 0.882 bits per heavy atom. The van der Waals surface area contributed by atoms with Gasteiger partial charge in [0.2, 0.25) is 0 Å². The number of aromatic nitrogens is 1. The Bertz CT molecular complexity index is 673. The van der Waals surface area contributed by atoms with Gasteiger partial charge in [-0.05, 0) is 30.3 Å². The van der Waals surface area contributed by atoms with Crippen molar-refractivity contribution in [3.63, 3.8) is 0 Å². The summed E-state index contributed by atoms with van der Waals surface area (Å²) in [6.45, 7) is 0. The van der Waals surface area contributed by atoms with Crippen molar-refractivity contribution in [3.05, 3.63) is 52.5 Å². The summed E-state index contributed by atoms with van der Waals surface area (Å²) in [6.07, 6.45) is 0. The Labute approximate surface area is 108 Å². The van der Waals surface area contributed by atoms with E-state index in [-0.39, 0.29) is 0 Å². The molecule has 3 aromatic rings. The molecule has 3 rings (SSSR count). The van der Waals surface area contributed by atoms with E-state index in [1.165, 1.54) is 0 Å². The third-order valence-electron chi connectivity index (χ3n) is 2.55. The van der Waals surface area contributed by atoms with Gasteiger partial charge < -0.3 is 4.52 Å². The van der Waals surface area contributed by atoms with Gasteiger partial charge in [-0.1, -0.05) is 40.5 Å². The molecule has 0 aliphatic rings. The summed E-state index contributed by atoms with van der Waals surface area (Å²) in [5, 5.41) is 6.32. The Kier molecular flexibility index (Phi) is 2.54. The molecule has 0 atom stereocenters. The first-order chi connectivity index (χ1) is 8.24. The van der Waals surface area contributed by atoms with Gasteiger partial charge in [0.25, 0.3) is 0 Å². The first kappa shape index (κ1) is 10.6. The lowest BCUT2D eigenvalue weighted by atomic mass is 10.1. The van der Waals surface area contributed by atoms with E-state index in [2.05, 4.69) is 5.16 Å². The van der Waals surface area contributed by atoms with Crippen LogP contribution in [0, 0.1) is 0 Å². The van der Waals surface area contributed by atoms with Crippen LogP contribution in [0.5, 0.6) is 0 Å². The zero-order valence-electron chi connectivity index (χ0n) is 8.65. The molecule has 1 aromatic heterocycles. The van der Waals surface area contributed by atoms with Crippen molar-refractivity contribution in [2.75, 3.05) is 0 Å². The average molecular weight is 264 g/mol. The molecule has 84 valence electrons. The zero-order chi connectivity index (χ0) is 11.8. The molecule has 2 aromatic carbocycles. The van der Waals surface area contributed by atoms with E-state index in [0.717, 1.165) is 22.2 Å². The van der Waals surface area contributed by atoms with E-state index in [1.807, 2.05) is 36.4 Å². The van der Waals surface area contributed by atoms with Crippen molar-refractivity contribution >= 4 is 34.2 Å². The number of nitrogens with zero attached hydrogens (tertiary/aromatic N) is 1. The molecule has 0 unspecified atom stereocenters. The van der Waals surface area contributed by atoms with Crippen LogP contribution in [0.25, 0.3) is 22.2 Å². The first-order valence-electron chi connectivity index (χ1n) is 5.05. The summed E-state index contributed by atoms with van der Waals surface area (Å²) < 4.78 is 5.25. The van der Waals surface area contributed by atoms with Crippen molar-refractivity contribution in [1.82, 2.24) is 5.16 Å². The average Bonchev–Trinajstić information content (AvgIpc) is 2.73. The maximum atomic E-state index is 5.97. The van der Waals surface area contributed by atoms with Crippen LogP contribution in [0.1, 0.15) is 0 Å². The van der Waals surface area contributed by atoms with E-state index in [9.17, 15) is 0 Å². The van der Waals surface area contributed by atoms with Crippen molar-refractivity contribution in [2.24, 2.45) is 0 Å². The van der Waals surface area contributed by atoms with Crippen LogP contribution in [-0.2, 0) is 0 Å². The van der Waals surface area contributed by atoms with Gasteiger partial charge in [-0.3, -0.25) is 0 Å². The predicted molar refractivity (Wildman–Crippen MR) is 69.5 cm³/mol. The Morgan fingerprint density at radius 2 is 1.59 bits per heavy atom. The molecule has 0 fully saturated rings. The second-order valence-corrected chi connectivity index (χ2v) is 4.55. The summed E-state index contributed by atoms with van der Waals surface area (Å²) in [4.78, 5) is 0. The van der Waals surface area contributed by atoms with Gasteiger partial charge in [-0.2, -0.15) is 0 Å². The first-order valence-corrected chi connectivity index (χ1v) is 5.80. The molecular formula is C13H7Cl2NO. The van der Waals surface area contributed by atoms with Gasteiger partial charge in [0.05, 0.1) is 5.39 Å². The Hall–Kier alpha value is -1.51. The molecular weight excluding hydrogens is 257 g/mol. The SMILES string of the molecule is Clc1ccc(-c2noc3ccc(Cl)cc23)cc1. The van der Waals surface area contributed by atoms with Gasteiger partial charge in [0.1, 0.15) is 5.69 Å². The number of rotatable bonds is 1. The molecule has 0 aliphatic heterocycles. The minimum absolute atomic E-state index is 0.663. The van der Waals surface area contributed by atoms with Crippen molar-refractivity contribution in [2.45, 2.75) is 0 Å². The van der Waals surface area contributed by atoms with Crippen LogP contribution in [0.3, 0.4) is 0 Å². The second kappa shape index (κ2) is 4.06. The largest absolute Gasteiger partial charge is 0.356 e. The molecule has 0 spiro atoms. The van der Waals surface area contributed by atoms with E-state index < -0.39 is 0 Å². The topological polar surface area (TPSA) is 26.0 Å². The van der Waals surface area contributed by atoms with Gasteiger partial charge in [0.15, 0.2) is 5.58 Å². The summed E-state index contributed by atoms with van der Waals surface area (Å²) in [5.74, 6) is 0. The fourth-order valence-corrected chi connectivity index (χ4v) is 2.02. The smallest absolute Gasteiger partial charge is 0.167 e. The monoisotopic (exact) mass is 263 g/mol. The minimum Gasteiger partial charge on any atom is -0.356 e. The van der Waals surface area contributed by atoms with Crippen molar-refractivity contribution in [1.29, 1.82) is 0 Å². The molecule has 0 bridgehead atoms. The lowest BCUT2D eigenvalue weighted by Crippen LogP contribution is -1.77. The molecule has 4 heteroatoms. The molecule has 0 amide bonds. The van der Waals surface area contributed by atoms with Gasteiger partial charge in [-0.15, -0.1) is 0 Å². The maximum absolute atomic E-state index is 5.97. The number of halogens is 2. The van der Waals surface area contributed by atoms with Gasteiger partial charge >= 0.3 is 0 Å². The highest BCUT2D eigenvalue weighted by Crippen LogP contribution is 2.30. The molecule has 17 heavy (non-hydrogen) atoms. The van der Waals surface area contributed by atoms with Gasteiger partial charge in [-0.25, -0.2) is 0 Å². The fraction of sp³-hybridized carbons (Fsp3) is 0. The summed E-state index contributed by atoms with van der Waals surface area (Å²) in [6, 6.07) is 12.9. The number of benzene rings is 2. The molecule has 0 radical (unpaired) electrons. The zero-order valence-corrected chi connectivity index (χ0v) is 10.2. The van der Waals surface area contributed by atoms with Crippen LogP contribution in [0.4, 0.5) is 0 Å². The number of hydrogen-bond donors (Lipinski definition) is 0. The standard InChI is InChI=1S/C13H7Cl2NO/c14-9-3-1-8(2-4-9)13-11-7-10(15)5-6-12(11)17-16-13/h1-7H. The maximum Gasteiger partial charge on any atom is 0.167 e. The van der Waals surface area contributed by atoms with Crippen LogP contribution >= 0.6 is 23.2 Å². The highest BCUT2D eigenvalue weighted by atomic mass is 35.5. The molecule has 0 N–H and O–H groups in total. The van der Waals surface area contributed by atoms with E-state index in [4.69, 9.17) is 27.7 Å².